The molecular formula is C17H22F3N5O4S. The number of fused-ring (bicyclic) bond motifs is 3. The van der Waals surface area contributed by atoms with Crippen molar-refractivity contribution >= 4 is 32.8 Å². The van der Waals surface area contributed by atoms with Gasteiger partial charge in [-0.3, -0.25) is 0 Å². The number of alkyl halides is 3. The number of nitrogens with two attached hydrogens (primary N) is 1. The lowest BCUT2D eigenvalue weighted by atomic mass is 9.95. The summed E-state index contributed by atoms with van der Waals surface area (Å²) in [5, 5.41) is 0. The molecule has 0 atom stereocenters. The Hall–Kier alpha value is -2.41. The predicted octanol–water partition coefficient (Wildman–Crippen LogP) is 1.95. The first-order chi connectivity index (χ1) is 14.0. The molecule has 2 aromatic heterocycles. The third-order valence-electron chi connectivity index (χ3n) is 4.84. The number of imidazole rings is 1. The van der Waals surface area contributed by atoms with E-state index in [2.05, 4.69) is 14.8 Å². The van der Waals surface area contributed by atoms with Crippen molar-refractivity contribution in [3.05, 3.63) is 17.6 Å². The van der Waals surface area contributed by atoms with Crippen molar-refractivity contribution in [3.8, 4) is 0 Å². The molecule has 0 spiro atoms. The molecule has 166 valence electrons. The number of sulfonamides is 1. The second-order valence-corrected chi connectivity index (χ2v) is 9.01. The molecule has 2 heterocycles. The Balaban J connectivity index is 1.68. The number of unbranched alkanes of at least 4 members (excludes halogenated alkanes) is 1. The van der Waals surface area contributed by atoms with E-state index in [4.69, 9.17) is 5.73 Å². The van der Waals surface area contributed by atoms with Gasteiger partial charge >= 0.3 is 12.1 Å². The summed E-state index contributed by atoms with van der Waals surface area (Å²) in [5.41, 5.74) is 9.56. The largest absolute Gasteiger partial charge is 0.492 e. The number of aromatic nitrogens is 3. The Morgan fingerprint density at radius 2 is 2.00 bits per heavy atom. The van der Waals surface area contributed by atoms with Gasteiger partial charge in [-0.2, -0.15) is 13.2 Å². The first kappa shape index (κ1) is 22.3. The van der Waals surface area contributed by atoms with Gasteiger partial charge in [-0.1, -0.05) is 0 Å². The molecule has 1 aliphatic carbocycles. The standard InChI is InChI=1S/C17H22F3N5O4S/c1-30(27,28)25(29-16(26)17(18,19)20)9-5-4-8-24-10-22-13-14(24)11-6-2-3-7-12(11)23-15(13)21/h10H,2-9H2,1H3,(H2,21,23). The Morgan fingerprint density at radius 3 is 2.67 bits per heavy atom. The number of rotatable bonds is 7. The quantitative estimate of drug-likeness (QED) is 0.507. The number of anilines is 1. The Bertz CT molecular complexity index is 1050. The van der Waals surface area contributed by atoms with E-state index in [1.807, 2.05) is 4.57 Å². The molecule has 13 heteroatoms. The van der Waals surface area contributed by atoms with Crippen LogP contribution in [0.25, 0.3) is 11.0 Å². The molecule has 2 N–H and O–H groups in total. The van der Waals surface area contributed by atoms with Crippen LogP contribution in [0.3, 0.4) is 0 Å². The SMILES string of the molecule is CS(=O)(=O)N(CCCCn1cnc2c(N)nc3c(c21)CCCC3)OC(=O)C(F)(F)F. The average molecular weight is 449 g/mol. The van der Waals surface area contributed by atoms with Gasteiger partial charge in [-0.25, -0.2) is 23.2 Å². The molecule has 1 aliphatic rings. The highest BCUT2D eigenvalue weighted by Crippen LogP contribution is 2.30. The van der Waals surface area contributed by atoms with Crippen LogP contribution in [-0.2, 0) is 39.0 Å². The summed E-state index contributed by atoms with van der Waals surface area (Å²) < 4.78 is 62.3. The fraction of sp³-hybridized carbons (Fsp3) is 0.588. The minimum Gasteiger partial charge on any atom is -0.382 e. The van der Waals surface area contributed by atoms with Crippen molar-refractivity contribution in [1.29, 1.82) is 0 Å². The molecule has 0 radical (unpaired) electrons. The maximum absolute atomic E-state index is 12.4. The fourth-order valence-electron chi connectivity index (χ4n) is 3.47. The van der Waals surface area contributed by atoms with Gasteiger partial charge in [0, 0.05) is 12.2 Å². The first-order valence-corrected chi connectivity index (χ1v) is 11.2. The van der Waals surface area contributed by atoms with Crippen LogP contribution in [0.15, 0.2) is 6.33 Å². The minimum atomic E-state index is -5.29. The van der Waals surface area contributed by atoms with Crippen LogP contribution in [0.5, 0.6) is 0 Å². The van der Waals surface area contributed by atoms with Crippen molar-refractivity contribution in [3.63, 3.8) is 0 Å². The van der Waals surface area contributed by atoms with Gasteiger partial charge in [0.2, 0.25) is 10.0 Å². The lowest BCUT2D eigenvalue weighted by Crippen LogP contribution is -2.38. The number of nitrogens with zero attached hydrogens (tertiary/aromatic N) is 4. The highest BCUT2D eigenvalue weighted by atomic mass is 32.2. The highest BCUT2D eigenvalue weighted by Gasteiger charge is 2.43. The van der Waals surface area contributed by atoms with Crippen LogP contribution in [0, 0.1) is 0 Å². The highest BCUT2D eigenvalue weighted by molar-refractivity contribution is 7.88. The summed E-state index contributed by atoms with van der Waals surface area (Å²) in [7, 11) is -4.16. The van der Waals surface area contributed by atoms with E-state index in [1.54, 1.807) is 6.33 Å². The molecule has 0 aromatic carbocycles. The third kappa shape index (κ3) is 4.83. The zero-order chi connectivity index (χ0) is 22.1. The van der Waals surface area contributed by atoms with Crippen molar-refractivity contribution in [2.24, 2.45) is 0 Å². The number of pyridine rings is 1. The number of halogens is 3. The molecule has 0 fully saturated rings. The molecule has 2 aromatic rings. The number of nitrogen functional groups attached to an aromatic ring is 1. The molecule has 0 saturated carbocycles. The lowest BCUT2D eigenvalue weighted by Gasteiger charge is -2.20. The van der Waals surface area contributed by atoms with Gasteiger partial charge in [0.1, 0.15) is 5.52 Å². The number of carbonyl (C=O) groups is 1. The molecule has 0 amide bonds. The van der Waals surface area contributed by atoms with Gasteiger partial charge in [0.05, 0.1) is 24.6 Å². The molecular weight excluding hydrogens is 427 g/mol. The topological polar surface area (TPSA) is 120 Å². The van der Waals surface area contributed by atoms with Gasteiger partial charge < -0.3 is 15.1 Å². The van der Waals surface area contributed by atoms with E-state index >= 15 is 0 Å². The molecule has 0 unspecified atom stereocenters. The van der Waals surface area contributed by atoms with Crippen LogP contribution >= 0.6 is 0 Å². The average Bonchev–Trinajstić information content (AvgIpc) is 3.07. The van der Waals surface area contributed by atoms with Crippen LogP contribution in [0.1, 0.15) is 36.9 Å². The van der Waals surface area contributed by atoms with E-state index in [0.29, 0.717) is 30.6 Å². The molecule has 0 aliphatic heterocycles. The van der Waals surface area contributed by atoms with E-state index in [1.165, 1.54) is 0 Å². The van der Waals surface area contributed by atoms with Crippen molar-refractivity contribution in [1.82, 2.24) is 19.0 Å². The second kappa shape index (κ2) is 8.38. The maximum atomic E-state index is 12.4. The summed E-state index contributed by atoms with van der Waals surface area (Å²) in [6.07, 6.45) is 1.36. The van der Waals surface area contributed by atoms with Gasteiger partial charge in [-0.15, -0.1) is 0 Å². The number of aryl methyl sites for hydroxylation is 3. The van der Waals surface area contributed by atoms with Crippen molar-refractivity contribution in [2.45, 2.75) is 51.2 Å². The smallest absolute Gasteiger partial charge is 0.382 e. The number of hydroxylamine groups is 1. The molecule has 0 saturated heterocycles. The zero-order valence-electron chi connectivity index (χ0n) is 16.3. The molecule has 30 heavy (non-hydrogen) atoms. The van der Waals surface area contributed by atoms with Crippen LogP contribution < -0.4 is 5.73 Å². The first-order valence-electron chi connectivity index (χ1n) is 9.37. The summed E-state index contributed by atoms with van der Waals surface area (Å²) in [6.45, 7) is 0.0479. The van der Waals surface area contributed by atoms with Crippen molar-refractivity contribution in [2.75, 3.05) is 18.5 Å². The fourth-order valence-corrected chi connectivity index (χ4v) is 4.13. The Morgan fingerprint density at radius 1 is 1.30 bits per heavy atom. The van der Waals surface area contributed by atoms with E-state index in [-0.39, 0.29) is 10.9 Å². The second-order valence-electron chi connectivity index (χ2n) is 7.14. The molecule has 9 nitrogen and oxygen atoms in total. The van der Waals surface area contributed by atoms with Crippen molar-refractivity contribution < 1.29 is 31.2 Å². The summed E-state index contributed by atoms with van der Waals surface area (Å²) >= 11 is 0. The third-order valence-corrected chi connectivity index (χ3v) is 5.83. The van der Waals surface area contributed by atoms with Crippen LogP contribution in [0.4, 0.5) is 19.0 Å². The van der Waals surface area contributed by atoms with Gasteiger partial charge in [0.15, 0.2) is 5.82 Å². The normalized spacial score (nSPS) is 14.8. The summed E-state index contributed by atoms with van der Waals surface area (Å²) in [6, 6.07) is 0. The zero-order valence-corrected chi connectivity index (χ0v) is 17.1. The minimum absolute atomic E-state index is 0.0681. The number of carbonyl (C=O) groups excluding carboxylic acids is 1. The van der Waals surface area contributed by atoms with Gasteiger partial charge in [0.25, 0.3) is 0 Å². The number of hydrogen-bond donors (Lipinski definition) is 1. The molecule has 0 bridgehead atoms. The van der Waals surface area contributed by atoms with Gasteiger partial charge in [-0.05, 0) is 48.6 Å². The van der Waals surface area contributed by atoms with Crippen LogP contribution in [0.2, 0.25) is 0 Å². The monoisotopic (exact) mass is 449 g/mol. The number of hydrogen-bond acceptors (Lipinski definition) is 7. The van der Waals surface area contributed by atoms with Crippen LogP contribution in [-0.4, -0.2) is 52.4 Å². The Kier molecular flexibility index (Phi) is 6.22. The summed E-state index contributed by atoms with van der Waals surface area (Å²) in [5.74, 6) is -2.23. The van der Waals surface area contributed by atoms with E-state index in [0.717, 1.165) is 42.5 Å². The lowest BCUT2D eigenvalue weighted by molar-refractivity contribution is -0.222. The molecule has 3 rings (SSSR count). The Labute approximate surface area is 171 Å². The maximum Gasteiger partial charge on any atom is 0.492 e. The van der Waals surface area contributed by atoms with E-state index in [9.17, 15) is 26.4 Å². The summed E-state index contributed by atoms with van der Waals surface area (Å²) in [4.78, 5) is 23.7. The predicted molar refractivity (Wildman–Crippen MR) is 102 cm³/mol. The van der Waals surface area contributed by atoms with E-state index < -0.39 is 28.7 Å².